The lowest BCUT2D eigenvalue weighted by atomic mass is 9.99. The fourth-order valence-corrected chi connectivity index (χ4v) is 3.48. The number of carbonyl (C=O) groups excluding carboxylic acids is 1. The zero-order valence-corrected chi connectivity index (χ0v) is 14.7. The van der Waals surface area contributed by atoms with Crippen molar-refractivity contribution in [3.63, 3.8) is 0 Å². The third-order valence-electron chi connectivity index (χ3n) is 5.10. The van der Waals surface area contributed by atoms with Gasteiger partial charge < -0.3 is 10.3 Å². The van der Waals surface area contributed by atoms with E-state index in [0.29, 0.717) is 12.2 Å². The molecule has 5 rings (SSSR count). The summed E-state index contributed by atoms with van der Waals surface area (Å²) in [6, 6.07) is 9.96. The lowest BCUT2D eigenvalue weighted by Crippen LogP contribution is -2.15. The number of hydrogen-bond acceptors (Lipinski definition) is 3. The van der Waals surface area contributed by atoms with Gasteiger partial charge in [0.25, 0.3) is 0 Å². The number of carbonyl (C=O) groups is 1. The predicted molar refractivity (Wildman–Crippen MR) is 103 cm³/mol. The summed E-state index contributed by atoms with van der Waals surface area (Å²) in [7, 11) is 0. The van der Waals surface area contributed by atoms with Crippen LogP contribution in [0.15, 0.2) is 48.9 Å². The molecule has 2 atom stereocenters. The molecule has 3 heterocycles. The molecule has 0 saturated heterocycles. The van der Waals surface area contributed by atoms with Crippen molar-refractivity contribution in [2.75, 3.05) is 5.32 Å². The Morgan fingerprint density at radius 3 is 2.78 bits per heavy atom. The van der Waals surface area contributed by atoms with E-state index in [1.165, 1.54) is 0 Å². The van der Waals surface area contributed by atoms with E-state index in [2.05, 4.69) is 45.4 Å². The second kappa shape index (κ2) is 5.87. The Morgan fingerprint density at radius 2 is 1.96 bits per heavy atom. The number of amides is 1. The number of fused-ring (bicyclic) bond motifs is 2. The number of alkyl halides is 1. The van der Waals surface area contributed by atoms with Gasteiger partial charge in [-0.2, -0.15) is 0 Å². The molecule has 0 spiro atoms. The first-order valence-electron chi connectivity index (χ1n) is 8.88. The van der Waals surface area contributed by atoms with Crippen LogP contribution in [-0.2, 0) is 4.79 Å². The van der Waals surface area contributed by atoms with E-state index in [1.54, 1.807) is 18.5 Å². The first-order valence-corrected chi connectivity index (χ1v) is 8.88. The van der Waals surface area contributed by atoms with Crippen LogP contribution in [0.25, 0.3) is 32.9 Å². The molecular weight excluding hydrogens is 343 g/mol. The summed E-state index contributed by atoms with van der Waals surface area (Å²) in [5.74, 6) is -0.424. The summed E-state index contributed by atoms with van der Waals surface area (Å²) in [5, 5.41) is 5.61. The van der Waals surface area contributed by atoms with Crippen molar-refractivity contribution >= 4 is 33.4 Å². The molecule has 0 radical (unpaired) electrons. The molecule has 1 saturated carbocycles. The maximum atomic E-state index is 13.0. The van der Waals surface area contributed by atoms with Gasteiger partial charge in [0, 0.05) is 45.8 Å². The van der Waals surface area contributed by atoms with Crippen molar-refractivity contribution in [2.24, 2.45) is 5.92 Å². The lowest BCUT2D eigenvalue weighted by molar-refractivity contribution is -0.117. The van der Waals surface area contributed by atoms with Gasteiger partial charge in [-0.15, -0.1) is 0 Å². The Balaban J connectivity index is 1.52. The largest absolute Gasteiger partial charge is 0.361 e. The second-order valence-electron chi connectivity index (χ2n) is 7.03. The van der Waals surface area contributed by atoms with Gasteiger partial charge in [-0.1, -0.05) is 6.07 Å². The Morgan fingerprint density at radius 1 is 1.19 bits per heavy atom. The maximum Gasteiger partial charge on any atom is 0.231 e. The first-order chi connectivity index (χ1) is 13.1. The highest BCUT2D eigenvalue weighted by molar-refractivity contribution is 5.99. The highest BCUT2D eigenvalue weighted by Gasteiger charge is 2.43. The van der Waals surface area contributed by atoms with E-state index >= 15 is 0 Å². The number of pyridine rings is 2. The van der Waals surface area contributed by atoms with Crippen LogP contribution < -0.4 is 5.32 Å². The fraction of sp³-hybridized carbons (Fsp3) is 0.190. The van der Waals surface area contributed by atoms with Crippen molar-refractivity contribution in [1.82, 2.24) is 15.0 Å². The topological polar surface area (TPSA) is 70.7 Å². The minimum atomic E-state index is -1.02. The quantitative estimate of drug-likeness (QED) is 0.569. The lowest BCUT2D eigenvalue weighted by Gasteiger charge is -2.09. The normalized spacial score (nSPS) is 18.7. The Labute approximate surface area is 154 Å². The van der Waals surface area contributed by atoms with Gasteiger partial charge in [0.05, 0.1) is 11.6 Å². The molecule has 6 heteroatoms. The molecule has 2 N–H and O–H groups in total. The summed E-state index contributed by atoms with van der Waals surface area (Å²) >= 11 is 0. The summed E-state index contributed by atoms with van der Waals surface area (Å²) < 4.78 is 13.0. The van der Waals surface area contributed by atoms with Gasteiger partial charge in [0.1, 0.15) is 12.0 Å². The molecule has 0 unspecified atom stereocenters. The van der Waals surface area contributed by atoms with Crippen LogP contribution in [0.2, 0.25) is 0 Å². The SMILES string of the molecule is Cc1ccc2[nH]ccc2c1-c1cc2cnc(NC(=O)[C@@H]3C[C@@H]3F)cc2cn1. The number of anilines is 1. The molecule has 1 amide bonds. The van der Waals surface area contributed by atoms with Crippen LogP contribution in [0.1, 0.15) is 12.0 Å². The van der Waals surface area contributed by atoms with Crippen LogP contribution in [0.5, 0.6) is 0 Å². The number of rotatable bonds is 3. The Hall–Kier alpha value is -3.28. The predicted octanol–water partition coefficient (Wildman–Crippen LogP) is 4.38. The third kappa shape index (κ3) is 2.73. The highest BCUT2D eigenvalue weighted by atomic mass is 19.1. The van der Waals surface area contributed by atoms with E-state index in [0.717, 1.165) is 38.5 Å². The van der Waals surface area contributed by atoms with Gasteiger partial charge in [-0.05, 0) is 43.2 Å². The van der Waals surface area contributed by atoms with E-state index in [1.807, 2.05) is 12.3 Å². The van der Waals surface area contributed by atoms with Crippen LogP contribution >= 0.6 is 0 Å². The van der Waals surface area contributed by atoms with Gasteiger partial charge in [0.2, 0.25) is 5.91 Å². The summed E-state index contributed by atoms with van der Waals surface area (Å²) in [5.41, 5.74) is 4.19. The van der Waals surface area contributed by atoms with E-state index in [-0.39, 0.29) is 5.91 Å². The monoisotopic (exact) mass is 360 g/mol. The van der Waals surface area contributed by atoms with E-state index in [9.17, 15) is 9.18 Å². The van der Waals surface area contributed by atoms with Gasteiger partial charge >= 0.3 is 0 Å². The Kier molecular flexibility index (Phi) is 3.47. The van der Waals surface area contributed by atoms with Crippen molar-refractivity contribution < 1.29 is 9.18 Å². The number of aromatic amines is 1. The molecule has 27 heavy (non-hydrogen) atoms. The number of nitrogens with one attached hydrogen (secondary N) is 2. The maximum absolute atomic E-state index is 13.0. The van der Waals surface area contributed by atoms with Crippen molar-refractivity contribution in [1.29, 1.82) is 0 Å². The smallest absolute Gasteiger partial charge is 0.231 e. The van der Waals surface area contributed by atoms with E-state index in [4.69, 9.17) is 0 Å². The zero-order chi connectivity index (χ0) is 18.5. The summed E-state index contributed by atoms with van der Waals surface area (Å²) in [4.78, 5) is 24.1. The number of halogens is 1. The molecule has 3 aromatic heterocycles. The third-order valence-corrected chi connectivity index (χ3v) is 5.10. The van der Waals surface area contributed by atoms with Gasteiger partial charge in [0.15, 0.2) is 0 Å². The molecule has 1 aliphatic carbocycles. The Bertz CT molecular complexity index is 1200. The average Bonchev–Trinajstić information content (AvgIpc) is 3.21. The van der Waals surface area contributed by atoms with Crippen molar-refractivity contribution in [3.05, 3.63) is 54.5 Å². The molecule has 5 nitrogen and oxygen atoms in total. The molecule has 0 aliphatic heterocycles. The average molecular weight is 360 g/mol. The summed E-state index contributed by atoms with van der Waals surface area (Å²) in [6.45, 7) is 2.07. The molecule has 134 valence electrons. The minimum Gasteiger partial charge on any atom is -0.361 e. The number of aryl methyl sites for hydroxylation is 1. The number of nitrogens with zero attached hydrogens (tertiary/aromatic N) is 2. The summed E-state index contributed by atoms with van der Waals surface area (Å²) in [6.07, 6.45) is 4.69. The zero-order valence-electron chi connectivity index (χ0n) is 14.7. The number of benzene rings is 1. The van der Waals surface area contributed by atoms with Crippen LogP contribution in [0.3, 0.4) is 0 Å². The van der Waals surface area contributed by atoms with Gasteiger partial charge in [-0.25, -0.2) is 9.37 Å². The van der Waals surface area contributed by atoms with Gasteiger partial charge in [-0.3, -0.25) is 9.78 Å². The molecule has 1 fully saturated rings. The van der Waals surface area contributed by atoms with Crippen LogP contribution in [-0.4, -0.2) is 27.0 Å². The van der Waals surface area contributed by atoms with Crippen LogP contribution in [0.4, 0.5) is 10.2 Å². The van der Waals surface area contributed by atoms with Crippen molar-refractivity contribution in [2.45, 2.75) is 19.5 Å². The number of H-pyrrole nitrogens is 1. The fourth-order valence-electron chi connectivity index (χ4n) is 3.48. The second-order valence-corrected chi connectivity index (χ2v) is 7.03. The first kappa shape index (κ1) is 15.9. The molecular formula is C21H17FN4O. The molecule has 4 aromatic rings. The number of aromatic nitrogens is 3. The van der Waals surface area contributed by atoms with Crippen LogP contribution in [0, 0.1) is 12.8 Å². The molecule has 1 aromatic carbocycles. The standard InChI is InChI=1S/C21H17FN4O/c1-11-2-3-17-14(4-5-23-17)20(11)18-6-12-10-25-19(7-13(12)9-24-18)26-21(27)15-8-16(15)22/h2-7,9-10,15-16,23H,8H2,1H3,(H,25,26,27)/t15-,16+/m1/s1. The molecule has 0 bridgehead atoms. The van der Waals surface area contributed by atoms with Crippen molar-refractivity contribution in [3.8, 4) is 11.3 Å². The number of hydrogen-bond donors (Lipinski definition) is 2. The minimum absolute atomic E-state index is 0.300. The van der Waals surface area contributed by atoms with E-state index < -0.39 is 12.1 Å². The highest BCUT2D eigenvalue weighted by Crippen LogP contribution is 2.35. The molecule has 1 aliphatic rings.